The molecule has 6 rings (SSSR count). The first-order valence-corrected chi connectivity index (χ1v) is 14.5. The lowest BCUT2D eigenvalue weighted by molar-refractivity contribution is -0.145. The quantitative estimate of drug-likeness (QED) is 0.398. The Balaban J connectivity index is 1.25. The number of carbonyl (C=O) groups excluding carboxylic acids is 2. The monoisotopic (exact) mass is 565 g/mol. The van der Waals surface area contributed by atoms with Crippen molar-refractivity contribution in [2.45, 2.75) is 48.3 Å². The number of hydrogen-bond acceptors (Lipinski definition) is 5. The molecule has 0 unspecified atom stereocenters. The Morgan fingerprint density at radius 1 is 1.08 bits per heavy atom. The second-order valence-electron chi connectivity index (χ2n) is 10.6. The zero-order valence-corrected chi connectivity index (χ0v) is 22.7. The Kier molecular flexibility index (Phi) is 6.83. The normalized spacial score (nSPS) is 28.0. The molecule has 2 amide bonds. The van der Waals surface area contributed by atoms with E-state index in [4.69, 9.17) is 27.9 Å². The van der Waals surface area contributed by atoms with Crippen LogP contribution < -0.4 is 20.1 Å². The maximum absolute atomic E-state index is 13.2. The molecule has 0 aromatic heterocycles. The average Bonchev–Trinajstić information content (AvgIpc) is 2.82. The minimum absolute atomic E-state index is 0.0997. The van der Waals surface area contributed by atoms with Gasteiger partial charge in [-0.1, -0.05) is 23.7 Å². The van der Waals surface area contributed by atoms with E-state index < -0.39 is 21.3 Å². The fraction of sp³-hybridized carbons (Fsp3) is 0.462. The summed E-state index contributed by atoms with van der Waals surface area (Å²) in [6.07, 6.45) is 5.37. The number of halogens is 2. The molecule has 3 N–H and O–H groups in total. The third-order valence-electron chi connectivity index (χ3n) is 7.74. The number of hydrogen-bond donors (Lipinski definition) is 3. The zero-order chi connectivity index (χ0) is 26.4. The summed E-state index contributed by atoms with van der Waals surface area (Å²) in [5.74, 6) is 0.451. The molecule has 11 heteroatoms. The van der Waals surface area contributed by atoms with Crippen LogP contribution in [-0.2, 0) is 19.6 Å². The van der Waals surface area contributed by atoms with E-state index in [9.17, 15) is 18.0 Å². The number of methoxy groups -OCH3 is 1. The van der Waals surface area contributed by atoms with Crippen LogP contribution in [0, 0.1) is 17.3 Å². The third kappa shape index (κ3) is 5.26. The van der Waals surface area contributed by atoms with Crippen LogP contribution in [0.1, 0.15) is 38.5 Å². The van der Waals surface area contributed by atoms with Crippen LogP contribution in [-0.4, -0.2) is 38.8 Å². The highest BCUT2D eigenvalue weighted by molar-refractivity contribution is 7.92. The summed E-state index contributed by atoms with van der Waals surface area (Å²) in [4.78, 5) is 25.4. The van der Waals surface area contributed by atoms with Crippen molar-refractivity contribution in [3.63, 3.8) is 0 Å². The van der Waals surface area contributed by atoms with E-state index in [1.54, 1.807) is 18.2 Å². The molecule has 37 heavy (non-hydrogen) atoms. The van der Waals surface area contributed by atoms with Crippen LogP contribution in [0.5, 0.6) is 5.75 Å². The van der Waals surface area contributed by atoms with Crippen molar-refractivity contribution >= 4 is 56.4 Å². The predicted octanol–water partition coefficient (Wildman–Crippen LogP) is 4.78. The van der Waals surface area contributed by atoms with Crippen molar-refractivity contribution in [1.29, 1.82) is 0 Å². The van der Waals surface area contributed by atoms with Crippen molar-refractivity contribution in [3.05, 3.63) is 47.5 Å². The molecule has 2 aromatic rings. The van der Waals surface area contributed by atoms with Gasteiger partial charge in [-0.2, -0.15) is 0 Å². The standard InChI is InChI=1S/C26H29Cl2N3O5S/c1-36-21-7-6-18(9-22(21)37(34,35)31-20-5-3-2-4-19(20)27)30-23(32)14-29-24(33)25-10-16-8-17(11-25)13-26(28,12-16)15-25/h2-7,9,16-17,31H,8,10-15H2,1H3,(H,29,33)(H,30,32)/t16-,17-,25?,26?/m0/s1. The average molecular weight is 567 g/mol. The lowest BCUT2D eigenvalue weighted by atomic mass is 9.49. The van der Waals surface area contributed by atoms with Crippen LogP contribution in [0.3, 0.4) is 0 Å². The first-order valence-electron chi connectivity index (χ1n) is 12.2. The molecular weight excluding hydrogens is 537 g/mol. The smallest absolute Gasteiger partial charge is 0.265 e. The van der Waals surface area contributed by atoms with E-state index in [1.807, 2.05) is 0 Å². The summed E-state index contributed by atoms with van der Waals surface area (Å²) in [5, 5.41) is 5.71. The van der Waals surface area contributed by atoms with E-state index in [0.717, 1.165) is 32.1 Å². The van der Waals surface area contributed by atoms with Gasteiger partial charge in [-0.05, 0) is 80.7 Å². The number of rotatable bonds is 8. The molecule has 4 aliphatic rings. The third-order valence-corrected chi connectivity index (χ3v) is 9.89. The van der Waals surface area contributed by atoms with E-state index in [-0.39, 0.29) is 44.4 Å². The maximum Gasteiger partial charge on any atom is 0.265 e. The number of ether oxygens (including phenoxy) is 1. The van der Waals surface area contributed by atoms with E-state index in [1.165, 1.54) is 31.4 Å². The highest BCUT2D eigenvalue weighted by Crippen LogP contribution is 2.63. The highest BCUT2D eigenvalue weighted by Gasteiger charge is 2.60. The van der Waals surface area contributed by atoms with Crippen LogP contribution in [0.2, 0.25) is 5.02 Å². The molecule has 4 fully saturated rings. The van der Waals surface area contributed by atoms with E-state index in [2.05, 4.69) is 15.4 Å². The molecule has 0 spiro atoms. The zero-order valence-electron chi connectivity index (χ0n) is 20.4. The van der Waals surface area contributed by atoms with Crippen molar-refractivity contribution < 1.29 is 22.7 Å². The maximum atomic E-state index is 13.2. The molecule has 0 aliphatic heterocycles. The number of benzene rings is 2. The fourth-order valence-electron chi connectivity index (χ4n) is 6.68. The van der Waals surface area contributed by atoms with Gasteiger partial charge in [0.2, 0.25) is 11.8 Å². The van der Waals surface area contributed by atoms with Crippen LogP contribution >= 0.6 is 23.2 Å². The molecule has 0 heterocycles. The van der Waals surface area contributed by atoms with Gasteiger partial charge in [-0.3, -0.25) is 14.3 Å². The van der Waals surface area contributed by atoms with Gasteiger partial charge < -0.3 is 15.4 Å². The number of para-hydroxylation sites is 1. The van der Waals surface area contributed by atoms with Gasteiger partial charge in [0.25, 0.3) is 10.0 Å². The fourth-order valence-corrected chi connectivity index (χ4v) is 8.88. The Hall–Kier alpha value is -2.49. The number of anilines is 2. The first kappa shape index (κ1) is 26.1. The van der Waals surface area contributed by atoms with Crippen LogP contribution in [0.4, 0.5) is 11.4 Å². The van der Waals surface area contributed by atoms with E-state index >= 15 is 0 Å². The summed E-state index contributed by atoms with van der Waals surface area (Å²) in [6, 6.07) is 10.7. The van der Waals surface area contributed by atoms with Crippen molar-refractivity contribution in [2.75, 3.05) is 23.7 Å². The second kappa shape index (κ2) is 9.67. The molecule has 4 bridgehead atoms. The summed E-state index contributed by atoms with van der Waals surface area (Å²) in [7, 11) is -2.73. The first-order chi connectivity index (χ1) is 17.5. The van der Waals surface area contributed by atoms with Crippen molar-refractivity contribution in [3.8, 4) is 5.75 Å². The molecular formula is C26H29Cl2N3O5S. The summed E-state index contributed by atoms with van der Waals surface area (Å²) >= 11 is 12.9. The van der Waals surface area contributed by atoms with Gasteiger partial charge in [-0.15, -0.1) is 11.6 Å². The van der Waals surface area contributed by atoms with Gasteiger partial charge >= 0.3 is 0 Å². The molecule has 0 saturated heterocycles. The molecule has 2 atom stereocenters. The minimum Gasteiger partial charge on any atom is -0.495 e. The van der Waals surface area contributed by atoms with Crippen molar-refractivity contribution in [2.24, 2.45) is 17.3 Å². The highest BCUT2D eigenvalue weighted by atomic mass is 35.5. The number of carbonyl (C=O) groups is 2. The second-order valence-corrected chi connectivity index (χ2v) is 13.4. The molecule has 198 valence electrons. The van der Waals surface area contributed by atoms with Gasteiger partial charge in [0, 0.05) is 10.6 Å². The van der Waals surface area contributed by atoms with Gasteiger partial charge in [0.05, 0.1) is 29.8 Å². The summed E-state index contributed by atoms with van der Waals surface area (Å²) in [5.41, 5.74) is -0.0430. The minimum atomic E-state index is -4.09. The largest absolute Gasteiger partial charge is 0.495 e. The lowest BCUT2D eigenvalue weighted by Crippen LogP contribution is -2.58. The van der Waals surface area contributed by atoms with Crippen LogP contribution in [0.25, 0.3) is 0 Å². The number of sulfonamides is 1. The van der Waals surface area contributed by atoms with Crippen LogP contribution in [0.15, 0.2) is 47.4 Å². The Morgan fingerprint density at radius 3 is 2.43 bits per heavy atom. The molecule has 8 nitrogen and oxygen atoms in total. The summed E-state index contributed by atoms with van der Waals surface area (Å²) < 4.78 is 33.9. The van der Waals surface area contributed by atoms with E-state index in [0.29, 0.717) is 18.3 Å². The molecule has 2 aromatic carbocycles. The topological polar surface area (TPSA) is 114 Å². The number of alkyl halides is 1. The van der Waals surface area contributed by atoms with Gasteiger partial charge in [0.1, 0.15) is 10.6 Å². The molecule has 0 radical (unpaired) electrons. The van der Waals surface area contributed by atoms with Gasteiger partial charge in [0.15, 0.2) is 0 Å². The van der Waals surface area contributed by atoms with Crippen molar-refractivity contribution in [1.82, 2.24) is 5.32 Å². The lowest BCUT2D eigenvalue weighted by Gasteiger charge is -2.59. The SMILES string of the molecule is COc1ccc(NC(=O)CNC(=O)C23C[C@@H]4C[C@H](CC(Cl)(C4)C2)C3)cc1S(=O)(=O)Nc1ccccc1Cl. The predicted molar refractivity (Wildman–Crippen MR) is 143 cm³/mol. The Labute approximate surface area is 226 Å². The number of nitrogens with one attached hydrogen (secondary N) is 3. The van der Waals surface area contributed by atoms with Gasteiger partial charge in [-0.25, -0.2) is 8.42 Å². The summed E-state index contributed by atoms with van der Waals surface area (Å²) in [6.45, 7) is -0.225. The molecule has 4 saturated carbocycles. The number of amides is 2. The Morgan fingerprint density at radius 2 is 1.78 bits per heavy atom. The Bertz CT molecular complexity index is 1340. The molecule has 4 aliphatic carbocycles.